The van der Waals surface area contributed by atoms with Gasteiger partial charge in [-0.3, -0.25) is 10.1 Å². The van der Waals surface area contributed by atoms with E-state index in [0.29, 0.717) is 16.5 Å². The van der Waals surface area contributed by atoms with Crippen molar-refractivity contribution in [1.82, 2.24) is 4.98 Å². The van der Waals surface area contributed by atoms with Crippen molar-refractivity contribution >= 4 is 22.4 Å². The second-order valence-electron chi connectivity index (χ2n) is 3.56. The molecule has 0 aliphatic carbocycles. The molecule has 2 rings (SSSR count). The van der Waals surface area contributed by atoms with Crippen molar-refractivity contribution in [2.45, 2.75) is 20.8 Å². The number of hydrogen-bond donors (Lipinski definition) is 1. The van der Waals surface area contributed by atoms with Crippen LogP contribution < -0.4 is 5.32 Å². The molecule has 84 valence electrons. The van der Waals surface area contributed by atoms with Crippen LogP contribution in [-0.4, -0.2) is 10.9 Å². The lowest BCUT2D eigenvalue weighted by molar-refractivity contribution is 0.102. The lowest BCUT2D eigenvalue weighted by atomic mass is 10.2. The quantitative estimate of drug-likeness (QED) is 0.872. The van der Waals surface area contributed by atoms with E-state index >= 15 is 0 Å². The molecule has 1 amide bonds. The molecule has 0 spiro atoms. The van der Waals surface area contributed by atoms with E-state index < -0.39 is 0 Å². The van der Waals surface area contributed by atoms with E-state index in [2.05, 4.69) is 10.3 Å². The van der Waals surface area contributed by atoms with Gasteiger partial charge in [0.15, 0.2) is 5.13 Å². The number of anilines is 1. The van der Waals surface area contributed by atoms with Crippen LogP contribution in [0.3, 0.4) is 0 Å². The van der Waals surface area contributed by atoms with Crippen LogP contribution in [0.1, 0.15) is 26.8 Å². The van der Waals surface area contributed by atoms with Gasteiger partial charge in [-0.05, 0) is 26.8 Å². The van der Waals surface area contributed by atoms with Crippen LogP contribution in [0.4, 0.5) is 5.13 Å². The van der Waals surface area contributed by atoms with Gasteiger partial charge in [0.25, 0.3) is 5.91 Å². The van der Waals surface area contributed by atoms with Crippen LogP contribution in [0.15, 0.2) is 16.7 Å². The van der Waals surface area contributed by atoms with Crippen LogP contribution in [0.5, 0.6) is 0 Å². The summed E-state index contributed by atoms with van der Waals surface area (Å²) in [4.78, 5) is 17.0. The van der Waals surface area contributed by atoms with Gasteiger partial charge < -0.3 is 4.42 Å². The van der Waals surface area contributed by atoms with Crippen molar-refractivity contribution in [3.8, 4) is 0 Å². The Bertz CT molecular complexity index is 528. The van der Waals surface area contributed by atoms with Crippen molar-refractivity contribution in [3.63, 3.8) is 0 Å². The Balaban J connectivity index is 2.17. The van der Waals surface area contributed by atoms with E-state index in [1.807, 2.05) is 13.8 Å². The maximum Gasteiger partial charge on any atom is 0.260 e. The number of amides is 1. The Labute approximate surface area is 97.3 Å². The summed E-state index contributed by atoms with van der Waals surface area (Å²) in [6.45, 7) is 5.53. The Morgan fingerprint density at radius 3 is 2.69 bits per heavy atom. The Hall–Kier alpha value is -1.62. The highest BCUT2D eigenvalue weighted by molar-refractivity contribution is 7.15. The lowest BCUT2D eigenvalue weighted by Crippen LogP contribution is -2.11. The predicted octanol–water partition coefficient (Wildman–Crippen LogP) is 2.91. The largest absolute Gasteiger partial charge is 0.466 e. The standard InChI is InChI=1S/C11H12N2O2S/c1-6-4-9(8(3)15-6)10(14)13-11-12-5-7(2)16-11/h4-5H,1-3H3,(H,12,13,14). The molecule has 0 saturated carbocycles. The molecule has 2 heterocycles. The van der Waals surface area contributed by atoms with Gasteiger partial charge in [-0.15, -0.1) is 11.3 Å². The zero-order valence-corrected chi connectivity index (χ0v) is 10.1. The molecule has 4 nitrogen and oxygen atoms in total. The summed E-state index contributed by atoms with van der Waals surface area (Å²) in [6, 6.07) is 1.73. The normalized spacial score (nSPS) is 10.4. The van der Waals surface area contributed by atoms with Crippen molar-refractivity contribution < 1.29 is 9.21 Å². The molecule has 2 aromatic rings. The van der Waals surface area contributed by atoms with E-state index in [0.717, 1.165) is 10.6 Å². The number of carbonyl (C=O) groups is 1. The van der Waals surface area contributed by atoms with E-state index in [4.69, 9.17) is 4.42 Å². The molecule has 16 heavy (non-hydrogen) atoms. The van der Waals surface area contributed by atoms with Crippen molar-refractivity contribution in [2.75, 3.05) is 5.32 Å². The third kappa shape index (κ3) is 2.14. The lowest BCUT2D eigenvalue weighted by Gasteiger charge is -1.98. The monoisotopic (exact) mass is 236 g/mol. The van der Waals surface area contributed by atoms with Gasteiger partial charge in [0.1, 0.15) is 11.5 Å². The molecule has 2 aromatic heterocycles. The van der Waals surface area contributed by atoms with Crippen LogP contribution in [-0.2, 0) is 0 Å². The number of nitrogens with zero attached hydrogens (tertiary/aromatic N) is 1. The molecule has 0 aliphatic heterocycles. The summed E-state index contributed by atoms with van der Waals surface area (Å²) in [6.07, 6.45) is 1.73. The highest BCUT2D eigenvalue weighted by Gasteiger charge is 2.14. The van der Waals surface area contributed by atoms with Gasteiger partial charge in [0.05, 0.1) is 5.56 Å². The number of aromatic nitrogens is 1. The third-order valence-electron chi connectivity index (χ3n) is 2.13. The van der Waals surface area contributed by atoms with Gasteiger partial charge in [-0.2, -0.15) is 0 Å². The SMILES string of the molecule is Cc1cc(C(=O)Nc2ncc(C)s2)c(C)o1. The summed E-state index contributed by atoms with van der Waals surface area (Å²) < 4.78 is 5.30. The molecule has 0 radical (unpaired) electrons. The number of carbonyl (C=O) groups excluding carboxylic acids is 1. The van der Waals surface area contributed by atoms with E-state index in [1.54, 1.807) is 19.2 Å². The summed E-state index contributed by atoms with van der Waals surface area (Å²) in [5, 5.41) is 3.35. The average Bonchev–Trinajstić information content (AvgIpc) is 2.73. The second kappa shape index (κ2) is 4.09. The zero-order valence-electron chi connectivity index (χ0n) is 9.33. The minimum Gasteiger partial charge on any atom is -0.466 e. The van der Waals surface area contributed by atoms with Gasteiger partial charge in [-0.25, -0.2) is 4.98 Å². The first-order valence-electron chi connectivity index (χ1n) is 4.87. The summed E-state index contributed by atoms with van der Waals surface area (Å²) in [5.74, 6) is 1.19. The Morgan fingerprint density at radius 2 is 2.19 bits per heavy atom. The minimum absolute atomic E-state index is 0.177. The number of furan rings is 1. The number of aryl methyl sites for hydroxylation is 3. The number of hydrogen-bond acceptors (Lipinski definition) is 4. The van der Waals surface area contributed by atoms with Gasteiger partial charge >= 0.3 is 0 Å². The van der Waals surface area contributed by atoms with Crippen LogP contribution in [0, 0.1) is 20.8 Å². The number of rotatable bonds is 2. The van der Waals surface area contributed by atoms with Gasteiger partial charge in [0, 0.05) is 11.1 Å². The summed E-state index contributed by atoms with van der Waals surface area (Å²) in [5.41, 5.74) is 0.561. The first-order valence-corrected chi connectivity index (χ1v) is 5.68. The Morgan fingerprint density at radius 1 is 1.44 bits per heavy atom. The average molecular weight is 236 g/mol. The van der Waals surface area contributed by atoms with Crippen LogP contribution >= 0.6 is 11.3 Å². The maximum absolute atomic E-state index is 11.9. The van der Waals surface area contributed by atoms with Crippen molar-refractivity contribution in [3.05, 3.63) is 34.2 Å². The molecule has 0 aromatic carbocycles. The highest BCUT2D eigenvalue weighted by Crippen LogP contribution is 2.19. The molecule has 0 saturated heterocycles. The summed E-state index contributed by atoms with van der Waals surface area (Å²) in [7, 11) is 0. The topological polar surface area (TPSA) is 55.1 Å². The zero-order chi connectivity index (χ0) is 11.7. The van der Waals surface area contributed by atoms with E-state index in [9.17, 15) is 4.79 Å². The maximum atomic E-state index is 11.9. The fourth-order valence-electron chi connectivity index (χ4n) is 1.43. The molecule has 0 aliphatic rings. The molecule has 0 atom stereocenters. The van der Waals surface area contributed by atoms with E-state index in [-0.39, 0.29) is 5.91 Å². The van der Waals surface area contributed by atoms with Crippen LogP contribution in [0.2, 0.25) is 0 Å². The molecule has 0 fully saturated rings. The molecule has 0 bridgehead atoms. The molecule has 1 N–H and O–H groups in total. The predicted molar refractivity (Wildman–Crippen MR) is 63.0 cm³/mol. The third-order valence-corrected chi connectivity index (χ3v) is 2.96. The van der Waals surface area contributed by atoms with E-state index in [1.165, 1.54) is 11.3 Å². The minimum atomic E-state index is -0.177. The summed E-state index contributed by atoms with van der Waals surface area (Å²) >= 11 is 1.45. The van der Waals surface area contributed by atoms with Crippen molar-refractivity contribution in [2.24, 2.45) is 0 Å². The number of thiazole rings is 1. The fraction of sp³-hybridized carbons (Fsp3) is 0.273. The highest BCUT2D eigenvalue weighted by atomic mass is 32.1. The smallest absolute Gasteiger partial charge is 0.260 e. The molecular formula is C11H12N2O2S. The van der Waals surface area contributed by atoms with Gasteiger partial charge in [-0.1, -0.05) is 0 Å². The van der Waals surface area contributed by atoms with Crippen LogP contribution in [0.25, 0.3) is 0 Å². The van der Waals surface area contributed by atoms with Gasteiger partial charge in [0.2, 0.25) is 0 Å². The molecule has 0 unspecified atom stereocenters. The fourth-order valence-corrected chi connectivity index (χ4v) is 2.09. The molecular weight excluding hydrogens is 224 g/mol. The Kier molecular flexibility index (Phi) is 2.78. The first-order chi connectivity index (χ1) is 7.56. The van der Waals surface area contributed by atoms with Crippen molar-refractivity contribution in [1.29, 1.82) is 0 Å². The first kappa shape index (κ1) is 10.9. The molecule has 5 heteroatoms. The second-order valence-corrected chi connectivity index (χ2v) is 4.79. The number of nitrogens with one attached hydrogen (secondary N) is 1.